The molecule has 3 heteroatoms. The predicted octanol–water partition coefficient (Wildman–Crippen LogP) is 1.14. The van der Waals surface area contributed by atoms with Crippen molar-refractivity contribution in [2.75, 3.05) is 0 Å². The third-order valence-corrected chi connectivity index (χ3v) is 1.43. The van der Waals surface area contributed by atoms with Gasteiger partial charge in [-0.25, -0.2) is 5.53 Å². The Kier molecular flexibility index (Phi) is 1.37. The molecule has 0 aromatic heterocycles. The molecule has 0 spiro atoms. The minimum Gasteiger partial charge on any atom is -0.297 e. The maximum atomic E-state index is 10.6. The molecule has 1 atom stereocenters. The number of rotatable bonds is 1. The smallest absolute Gasteiger partial charge is 0.159 e. The molecule has 0 aromatic rings. The van der Waals surface area contributed by atoms with Crippen molar-refractivity contribution in [2.45, 2.75) is 25.3 Å². The molecule has 8 heavy (non-hydrogen) atoms. The summed E-state index contributed by atoms with van der Waals surface area (Å²) in [5, 5.41) is 3.17. The fraction of sp³-hybridized carbons (Fsp3) is 0.800. The monoisotopic (exact) mass is 112 g/mol. The van der Waals surface area contributed by atoms with Crippen molar-refractivity contribution in [2.24, 2.45) is 5.11 Å². The van der Waals surface area contributed by atoms with Crippen molar-refractivity contribution < 1.29 is 4.79 Å². The van der Waals surface area contributed by atoms with E-state index in [1.54, 1.807) is 0 Å². The lowest BCUT2D eigenvalue weighted by atomic mass is 10.3. The molecular formula is C5H8N2O. The molecule has 0 aromatic carbocycles. The predicted molar refractivity (Wildman–Crippen MR) is 27.8 cm³/mol. The van der Waals surface area contributed by atoms with Gasteiger partial charge in [0.2, 0.25) is 0 Å². The molecular weight excluding hydrogens is 104 g/mol. The van der Waals surface area contributed by atoms with Crippen LogP contribution in [0.5, 0.6) is 0 Å². The second-order valence-electron chi connectivity index (χ2n) is 2.00. The molecule has 1 aliphatic rings. The van der Waals surface area contributed by atoms with Crippen LogP contribution in [0.15, 0.2) is 5.11 Å². The van der Waals surface area contributed by atoms with E-state index in [9.17, 15) is 4.79 Å². The zero-order valence-electron chi connectivity index (χ0n) is 4.55. The zero-order chi connectivity index (χ0) is 5.98. The highest BCUT2D eigenvalue weighted by Gasteiger charge is 2.22. The number of nitrogens with zero attached hydrogens (tertiary/aromatic N) is 1. The lowest BCUT2D eigenvalue weighted by Gasteiger charge is -1.92. The largest absolute Gasteiger partial charge is 0.297 e. The van der Waals surface area contributed by atoms with Gasteiger partial charge in [-0.2, -0.15) is 5.11 Å². The van der Waals surface area contributed by atoms with Crippen LogP contribution in [0, 0.1) is 5.53 Å². The highest BCUT2D eigenvalue weighted by atomic mass is 16.1. The van der Waals surface area contributed by atoms with E-state index in [1.807, 2.05) is 0 Å². The normalized spacial score (nSPS) is 28.5. The van der Waals surface area contributed by atoms with Crippen LogP contribution in [-0.4, -0.2) is 11.8 Å². The first kappa shape index (κ1) is 5.41. The number of nitrogens with one attached hydrogen (secondary N) is 1. The fourth-order valence-corrected chi connectivity index (χ4v) is 0.934. The van der Waals surface area contributed by atoms with Gasteiger partial charge in [0.1, 0.15) is 6.04 Å². The Bertz CT molecular complexity index is 122. The van der Waals surface area contributed by atoms with Gasteiger partial charge in [-0.3, -0.25) is 4.79 Å². The lowest BCUT2D eigenvalue weighted by molar-refractivity contribution is -0.118. The summed E-state index contributed by atoms with van der Waals surface area (Å²) in [7, 11) is 0. The van der Waals surface area contributed by atoms with Gasteiger partial charge in [0.25, 0.3) is 0 Å². The van der Waals surface area contributed by atoms with Crippen molar-refractivity contribution in [1.82, 2.24) is 0 Å². The highest BCUT2D eigenvalue weighted by Crippen LogP contribution is 2.16. The van der Waals surface area contributed by atoms with Crippen LogP contribution < -0.4 is 0 Å². The summed E-state index contributed by atoms with van der Waals surface area (Å²) in [5.41, 5.74) is 6.53. The molecule has 0 saturated heterocycles. The van der Waals surface area contributed by atoms with Gasteiger partial charge in [-0.05, 0) is 12.8 Å². The average molecular weight is 112 g/mol. The van der Waals surface area contributed by atoms with Gasteiger partial charge >= 0.3 is 0 Å². The van der Waals surface area contributed by atoms with Crippen molar-refractivity contribution in [3.8, 4) is 0 Å². The third-order valence-electron chi connectivity index (χ3n) is 1.43. The number of ketones is 1. The number of Topliss-reactive ketones (excluding diaryl/α,β-unsaturated/α-hetero) is 1. The van der Waals surface area contributed by atoms with E-state index in [0.29, 0.717) is 6.42 Å². The second kappa shape index (κ2) is 2.03. The van der Waals surface area contributed by atoms with Crippen LogP contribution >= 0.6 is 0 Å². The first-order valence-electron chi connectivity index (χ1n) is 2.74. The van der Waals surface area contributed by atoms with Gasteiger partial charge < -0.3 is 0 Å². The standard InChI is InChI=1S/C5H8N2O/c6-7-4-2-1-3-5(4)8/h4,6H,1-3H2/t4-/m1/s1. The van der Waals surface area contributed by atoms with E-state index >= 15 is 0 Å². The van der Waals surface area contributed by atoms with Crippen LogP contribution in [-0.2, 0) is 4.79 Å². The third kappa shape index (κ3) is 0.757. The number of hydrogen-bond donors (Lipinski definition) is 1. The lowest BCUT2D eigenvalue weighted by Crippen LogP contribution is -2.07. The maximum absolute atomic E-state index is 10.6. The van der Waals surface area contributed by atoms with E-state index < -0.39 is 0 Å². The van der Waals surface area contributed by atoms with Crippen molar-refractivity contribution >= 4 is 5.78 Å². The molecule has 3 nitrogen and oxygen atoms in total. The van der Waals surface area contributed by atoms with Gasteiger partial charge in [0.05, 0.1) is 0 Å². The molecule has 1 saturated carbocycles. The summed E-state index contributed by atoms with van der Waals surface area (Å²) in [5.74, 6) is 0.139. The average Bonchev–Trinajstić information content (AvgIpc) is 2.14. The molecule has 0 heterocycles. The van der Waals surface area contributed by atoms with Crippen molar-refractivity contribution in [3.63, 3.8) is 0 Å². The molecule has 0 radical (unpaired) electrons. The Morgan fingerprint density at radius 1 is 1.75 bits per heavy atom. The van der Waals surface area contributed by atoms with E-state index in [0.717, 1.165) is 12.8 Å². The highest BCUT2D eigenvalue weighted by molar-refractivity contribution is 5.85. The van der Waals surface area contributed by atoms with Gasteiger partial charge in [0, 0.05) is 6.42 Å². The zero-order valence-corrected chi connectivity index (χ0v) is 4.55. The Morgan fingerprint density at radius 2 is 2.50 bits per heavy atom. The first-order chi connectivity index (χ1) is 3.84. The van der Waals surface area contributed by atoms with Crippen molar-refractivity contribution in [3.05, 3.63) is 0 Å². The second-order valence-corrected chi connectivity index (χ2v) is 2.00. The summed E-state index contributed by atoms with van der Waals surface area (Å²) in [6.45, 7) is 0. The number of hydrogen-bond acceptors (Lipinski definition) is 3. The molecule has 1 aliphatic carbocycles. The fourth-order valence-electron chi connectivity index (χ4n) is 0.934. The van der Waals surface area contributed by atoms with Crippen LogP contribution in [0.2, 0.25) is 0 Å². The molecule has 1 rings (SSSR count). The SMILES string of the molecule is N=N[C@@H]1CCCC1=O. The van der Waals surface area contributed by atoms with Crippen LogP contribution in [0.1, 0.15) is 19.3 Å². The molecule has 1 N–H and O–H groups in total. The molecule has 0 bridgehead atoms. The Balaban J connectivity index is 2.54. The summed E-state index contributed by atoms with van der Waals surface area (Å²) in [6, 6.07) is -0.282. The van der Waals surface area contributed by atoms with E-state index in [-0.39, 0.29) is 11.8 Å². The summed E-state index contributed by atoms with van der Waals surface area (Å²) >= 11 is 0. The van der Waals surface area contributed by atoms with Gasteiger partial charge in [0.15, 0.2) is 5.78 Å². The topological polar surface area (TPSA) is 53.3 Å². The quantitative estimate of drug-likeness (QED) is 0.508. The van der Waals surface area contributed by atoms with E-state index in [1.165, 1.54) is 0 Å². The van der Waals surface area contributed by atoms with Gasteiger partial charge in [-0.1, -0.05) is 0 Å². The molecule has 44 valence electrons. The molecule has 0 aliphatic heterocycles. The summed E-state index contributed by atoms with van der Waals surface area (Å²) in [6.07, 6.45) is 2.35. The van der Waals surface area contributed by atoms with Crippen LogP contribution in [0.25, 0.3) is 0 Å². The molecule has 0 unspecified atom stereocenters. The Labute approximate surface area is 47.6 Å². The van der Waals surface area contributed by atoms with Crippen molar-refractivity contribution in [1.29, 1.82) is 5.53 Å². The first-order valence-corrected chi connectivity index (χ1v) is 2.74. The minimum absolute atomic E-state index is 0.139. The Morgan fingerprint density at radius 3 is 2.75 bits per heavy atom. The maximum Gasteiger partial charge on any atom is 0.159 e. The molecule has 1 fully saturated rings. The summed E-state index contributed by atoms with van der Waals surface area (Å²) < 4.78 is 0. The van der Waals surface area contributed by atoms with E-state index in [4.69, 9.17) is 5.53 Å². The van der Waals surface area contributed by atoms with Gasteiger partial charge in [-0.15, -0.1) is 0 Å². The Hall–Kier alpha value is -0.730. The van der Waals surface area contributed by atoms with Crippen LogP contribution in [0.4, 0.5) is 0 Å². The minimum atomic E-state index is -0.282. The number of carbonyl (C=O) groups is 1. The molecule has 0 amide bonds. The van der Waals surface area contributed by atoms with Crippen LogP contribution in [0.3, 0.4) is 0 Å². The van der Waals surface area contributed by atoms with E-state index in [2.05, 4.69) is 5.11 Å². The summed E-state index contributed by atoms with van der Waals surface area (Å²) in [4.78, 5) is 10.6. The number of carbonyl (C=O) groups excluding carboxylic acids is 1.